The van der Waals surface area contributed by atoms with E-state index in [0.29, 0.717) is 17.0 Å². The lowest BCUT2D eigenvalue weighted by Gasteiger charge is -2.18. The first-order valence-corrected chi connectivity index (χ1v) is 10.0. The summed E-state index contributed by atoms with van der Waals surface area (Å²) in [7, 11) is 0. The number of Topliss-reactive ketones (excluding diaryl/α,β-unsaturated/α-hetero) is 1. The van der Waals surface area contributed by atoms with Crippen molar-refractivity contribution in [3.63, 3.8) is 0 Å². The number of carbonyl (C=O) groups excluding carboxylic acids is 2. The second-order valence-electron chi connectivity index (χ2n) is 7.02. The van der Waals surface area contributed by atoms with E-state index in [-0.39, 0.29) is 24.1 Å². The average molecular weight is 392 g/mol. The molecule has 0 radical (unpaired) electrons. The Hall–Kier alpha value is -2.86. The van der Waals surface area contributed by atoms with Crippen LogP contribution in [-0.4, -0.2) is 29.0 Å². The van der Waals surface area contributed by atoms with E-state index in [1.807, 2.05) is 6.07 Å². The van der Waals surface area contributed by atoms with Crippen molar-refractivity contribution in [2.45, 2.75) is 25.8 Å². The summed E-state index contributed by atoms with van der Waals surface area (Å²) in [5.41, 5.74) is 5.57. The normalized spacial score (nSPS) is 13.0. The SMILES string of the molecule is Cc1cc(C)c2nc(SCC(=O)c3ccc4c(c3)NC(=O)CO4)cc(C)c2c1. The Balaban J connectivity index is 1.54. The minimum absolute atomic E-state index is 0.00205. The molecule has 1 N–H and O–H groups in total. The van der Waals surface area contributed by atoms with E-state index >= 15 is 0 Å². The summed E-state index contributed by atoms with van der Waals surface area (Å²) in [6, 6.07) is 11.4. The Labute approximate surface area is 167 Å². The van der Waals surface area contributed by atoms with Gasteiger partial charge >= 0.3 is 0 Å². The second-order valence-corrected chi connectivity index (χ2v) is 8.01. The third-order valence-corrected chi connectivity index (χ3v) is 5.63. The highest BCUT2D eigenvalue weighted by molar-refractivity contribution is 7.99. The van der Waals surface area contributed by atoms with Crippen molar-refractivity contribution in [2.75, 3.05) is 17.7 Å². The Morgan fingerprint density at radius 1 is 1.14 bits per heavy atom. The predicted molar refractivity (Wildman–Crippen MR) is 112 cm³/mol. The molecule has 3 aromatic rings. The number of aromatic nitrogens is 1. The maximum Gasteiger partial charge on any atom is 0.262 e. The summed E-state index contributed by atoms with van der Waals surface area (Å²) in [6.07, 6.45) is 0. The lowest BCUT2D eigenvalue weighted by Crippen LogP contribution is -2.25. The molecule has 0 fully saturated rings. The molecule has 0 spiro atoms. The van der Waals surface area contributed by atoms with Crippen LogP contribution in [0.25, 0.3) is 10.9 Å². The third-order valence-electron chi connectivity index (χ3n) is 4.72. The van der Waals surface area contributed by atoms with E-state index in [1.54, 1.807) is 18.2 Å². The number of carbonyl (C=O) groups is 2. The molecule has 0 aliphatic carbocycles. The standard InChI is InChI=1S/C22H20N2O3S/c1-12-6-14(3)22-16(7-12)13(2)8-21(24-22)28-11-18(25)15-4-5-19-17(9-15)23-20(26)10-27-19/h4-9H,10-11H2,1-3H3,(H,23,26). The molecule has 4 rings (SSSR count). The van der Waals surface area contributed by atoms with Crippen LogP contribution < -0.4 is 10.1 Å². The van der Waals surface area contributed by atoms with E-state index in [0.717, 1.165) is 27.1 Å². The molecule has 28 heavy (non-hydrogen) atoms. The maximum absolute atomic E-state index is 12.6. The van der Waals surface area contributed by atoms with Gasteiger partial charge in [-0.05, 0) is 62.2 Å². The van der Waals surface area contributed by atoms with Gasteiger partial charge in [-0.3, -0.25) is 9.59 Å². The Kier molecular flexibility index (Phi) is 4.81. The van der Waals surface area contributed by atoms with Crippen LogP contribution in [0.3, 0.4) is 0 Å². The number of anilines is 1. The summed E-state index contributed by atoms with van der Waals surface area (Å²) in [5, 5.41) is 4.72. The van der Waals surface area contributed by atoms with Crippen molar-refractivity contribution in [3.8, 4) is 5.75 Å². The van der Waals surface area contributed by atoms with Crippen molar-refractivity contribution in [1.29, 1.82) is 0 Å². The molecule has 1 aromatic heterocycles. The van der Waals surface area contributed by atoms with Gasteiger partial charge in [0.15, 0.2) is 12.4 Å². The number of thioether (sulfide) groups is 1. The smallest absolute Gasteiger partial charge is 0.262 e. The van der Waals surface area contributed by atoms with Gasteiger partial charge in [-0.2, -0.15) is 0 Å². The van der Waals surface area contributed by atoms with Gasteiger partial charge in [0, 0.05) is 10.9 Å². The number of benzene rings is 2. The fourth-order valence-corrected chi connectivity index (χ4v) is 4.23. The first-order valence-electron chi connectivity index (χ1n) is 9.02. The predicted octanol–water partition coefficient (Wildman–Crippen LogP) is 4.47. The molecule has 0 saturated heterocycles. The molecule has 0 bridgehead atoms. The van der Waals surface area contributed by atoms with Crippen LogP contribution in [0.5, 0.6) is 5.75 Å². The zero-order chi connectivity index (χ0) is 19.8. The molecule has 1 aliphatic rings. The van der Waals surface area contributed by atoms with Gasteiger partial charge in [0.1, 0.15) is 5.75 Å². The van der Waals surface area contributed by atoms with Gasteiger partial charge in [-0.15, -0.1) is 0 Å². The van der Waals surface area contributed by atoms with Crippen LogP contribution in [0.1, 0.15) is 27.0 Å². The van der Waals surface area contributed by atoms with Gasteiger partial charge in [-0.1, -0.05) is 23.4 Å². The van der Waals surface area contributed by atoms with Gasteiger partial charge in [0.25, 0.3) is 5.91 Å². The van der Waals surface area contributed by atoms with Crippen molar-refractivity contribution in [3.05, 3.63) is 58.7 Å². The molecule has 1 aliphatic heterocycles. The van der Waals surface area contributed by atoms with E-state index in [9.17, 15) is 9.59 Å². The van der Waals surface area contributed by atoms with E-state index in [1.165, 1.54) is 17.3 Å². The summed E-state index contributed by atoms with van der Waals surface area (Å²) >= 11 is 1.42. The fourth-order valence-electron chi connectivity index (χ4n) is 3.37. The Bertz CT molecular complexity index is 1120. The van der Waals surface area contributed by atoms with Crippen LogP contribution in [-0.2, 0) is 4.79 Å². The van der Waals surface area contributed by atoms with Crippen LogP contribution >= 0.6 is 11.8 Å². The highest BCUT2D eigenvalue weighted by Crippen LogP contribution is 2.30. The number of pyridine rings is 1. The first kappa shape index (κ1) is 18.5. The minimum Gasteiger partial charge on any atom is -0.482 e. The van der Waals surface area contributed by atoms with E-state index in [4.69, 9.17) is 9.72 Å². The van der Waals surface area contributed by atoms with Crippen LogP contribution in [0, 0.1) is 20.8 Å². The maximum atomic E-state index is 12.6. The summed E-state index contributed by atoms with van der Waals surface area (Å²) in [6.45, 7) is 6.22. The van der Waals surface area contributed by atoms with Gasteiger partial charge in [-0.25, -0.2) is 4.98 Å². The van der Waals surface area contributed by atoms with Gasteiger partial charge < -0.3 is 10.1 Å². The van der Waals surface area contributed by atoms with Crippen LogP contribution in [0.4, 0.5) is 5.69 Å². The lowest BCUT2D eigenvalue weighted by molar-refractivity contribution is -0.118. The molecule has 6 heteroatoms. The quantitative estimate of drug-likeness (QED) is 0.524. The Morgan fingerprint density at radius 3 is 2.79 bits per heavy atom. The van der Waals surface area contributed by atoms with Gasteiger partial charge in [0.2, 0.25) is 0 Å². The number of ketones is 1. The molecule has 5 nitrogen and oxygen atoms in total. The van der Waals surface area contributed by atoms with Gasteiger partial charge in [0.05, 0.1) is 22.0 Å². The number of aryl methyl sites for hydroxylation is 3. The minimum atomic E-state index is -0.215. The largest absolute Gasteiger partial charge is 0.482 e. The second kappa shape index (κ2) is 7.28. The number of ether oxygens (including phenoxy) is 1. The zero-order valence-electron chi connectivity index (χ0n) is 16.0. The molecule has 1 amide bonds. The first-order chi connectivity index (χ1) is 13.4. The molecular formula is C22H20N2O3S. The highest BCUT2D eigenvalue weighted by atomic mass is 32.2. The van der Waals surface area contributed by atoms with E-state index in [2.05, 4.69) is 38.2 Å². The monoisotopic (exact) mass is 392 g/mol. The number of fused-ring (bicyclic) bond motifs is 2. The number of hydrogen-bond donors (Lipinski definition) is 1. The highest BCUT2D eigenvalue weighted by Gasteiger charge is 2.18. The Morgan fingerprint density at radius 2 is 1.96 bits per heavy atom. The topological polar surface area (TPSA) is 68.3 Å². The fraction of sp³-hybridized carbons (Fsp3) is 0.227. The molecule has 0 saturated carbocycles. The van der Waals surface area contributed by atoms with Crippen LogP contribution in [0.2, 0.25) is 0 Å². The molecule has 142 valence electrons. The molecular weight excluding hydrogens is 372 g/mol. The summed E-state index contributed by atoms with van der Waals surface area (Å²) in [4.78, 5) is 28.9. The van der Waals surface area contributed by atoms with Crippen molar-refractivity contribution >= 4 is 40.0 Å². The zero-order valence-corrected chi connectivity index (χ0v) is 16.8. The number of nitrogens with zero attached hydrogens (tertiary/aromatic N) is 1. The number of hydrogen-bond acceptors (Lipinski definition) is 5. The summed E-state index contributed by atoms with van der Waals surface area (Å²) < 4.78 is 5.33. The van der Waals surface area contributed by atoms with Crippen molar-refractivity contribution in [1.82, 2.24) is 4.98 Å². The van der Waals surface area contributed by atoms with Crippen LogP contribution in [0.15, 0.2) is 41.4 Å². The van der Waals surface area contributed by atoms with Crippen molar-refractivity contribution < 1.29 is 14.3 Å². The summed E-state index contributed by atoms with van der Waals surface area (Å²) in [5.74, 6) is 0.623. The molecule has 2 heterocycles. The number of amides is 1. The number of rotatable bonds is 4. The average Bonchev–Trinajstić information content (AvgIpc) is 2.66. The van der Waals surface area contributed by atoms with Crippen molar-refractivity contribution in [2.24, 2.45) is 0 Å². The molecule has 0 unspecified atom stereocenters. The van der Waals surface area contributed by atoms with E-state index < -0.39 is 0 Å². The molecule has 2 aromatic carbocycles. The number of nitrogens with one attached hydrogen (secondary N) is 1. The lowest BCUT2D eigenvalue weighted by atomic mass is 10.0. The molecule has 0 atom stereocenters. The third kappa shape index (κ3) is 3.60.